The van der Waals surface area contributed by atoms with Crippen LogP contribution in [-0.2, 0) is 19.9 Å². The Labute approximate surface area is 260 Å². The van der Waals surface area contributed by atoms with Crippen LogP contribution in [0.25, 0.3) is 0 Å². The molecule has 7 nitrogen and oxygen atoms in total. The van der Waals surface area contributed by atoms with Gasteiger partial charge in [-0.1, -0.05) is 47.5 Å². The van der Waals surface area contributed by atoms with Crippen LogP contribution in [0.4, 0.5) is 8.78 Å². The summed E-state index contributed by atoms with van der Waals surface area (Å²) in [5.74, 6) is -0.366. The van der Waals surface area contributed by atoms with E-state index in [-0.39, 0.29) is 28.0 Å². The SMILES string of the molecule is CC(NC1C=C(F)C=CC1(F)S(=O)(=O)c1ccc(Cl)cc1)c1ccccc1OCCCN(C)S(=O)(=O)c1cccc(Cl)c1. The number of alkyl halides is 1. The van der Waals surface area contributed by atoms with E-state index in [2.05, 4.69) is 5.32 Å². The summed E-state index contributed by atoms with van der Waals surface area (Å²) in [5, 5.41) is 0.504. The van der Waals surface area contributed by atoms with Crippen molar-refractivity contribution >= 4 is 43.1 Å². The zero-order valence-electron chi connectivity index (χ0n) is 23.3. The number of para-hydroxylation sites is 1. The van der Waals surface area contributed by atoms with Gasteiger partial charge < -0.3 is 4.74 Å². The summed E-state index contributed by atoms with van der Waals surface area (Å²) in [7, 11) is -6.91. The Hall–Kier alpha value is -2.80. The average molecular weight is 672 g/mol. The van der Waals surface area contributed by atoms with Crippen LogP contribution >= 0.6 is 23.2 Å². The molecule has 1 N–H and O–H groups in total. The first-order valence-electron chi connectivity index (χ1n) is 13.2. The van der Waals surface area contributed by atoms with Gasteiger partial charge in [-0.2, -0.15) is 0 Å². The molecule has 43 heavy (non-hydrogen) atoms. The Kier molecular flexibility index (Phi) is 10.4. The third-order valence-corrected chi connectivity index (χ3v) is 11.4. The summed E-state index contributed by atoms with van der Waals surface area (Å²) in [4.78, 5) is -0.219. The molecule has 0 amide bonds. The van der Waals surface area contributed by atoms with Crippen LogP contribution in [0.5, 0.6) is 5.75 Å². The summed E-state index contributed by atoms with van der Waals surface area (Å²) >= 11 is 11.8. The number of benzene rings is 3. The van der Waals surface area contributed by atoms with Crippen molar-refractivity contribution in [2.24, 2.45) is 0 Å². The fraction of sp³-hybridized carbons (Fsp3) is 0.267. The predicted molar refractivity (Wildman–Crippen MR) is 164 cm³/mol. The number of hydrogen-bond donors (Lipinski definition) is 1. The lowest BCUT2D eigenvalue weighted by atomic mass is 10.0. The van der Waals surface area contributed by atoms with E-state index >= 15 is 4.39 Å². The van der Waals surface area contributed by atoms with Gasteiger partial charge in [0.1, 0.15) is 11.6 Å². The Morgan fingerprint density at radius 2 is 1.67 bits per heavy atom. The number of rotatable bonds is 12. The number of nitrogens with one attached hydrogen (secondary N) is 1. The molecule has 13 heteroatoms. The smallest absolute Gasteiger partial charge is 0.252 e. The minimum atomic E-state index is -4.63. The molecular formula is C30H30Cl2F2N2O5S2. The Morgan fingerprint density at radius 3 is 2.37 bits per heavy atom. The largest absolute Gasteiger partial charge is 0.493 e. The lowest BCUT2D eigenvalue weighted by molar-refractivity contribution is 0.254. The van der Waals surface area contributed by atoms with Crippen LogP contribution in [0.1, 0.15) is 24.9 Å². The summed E-state index contributed by atoms with van der Waals surface area (Å²) in [6.07, 6.45) is 2.73. The van der Waals surface area contributed by atoms with Gasteiger partial charge in [-0.3, -0.25) is 5.32 Å². The van der Waals surface area contributed by atoms with Crippen molar-refractivity contribution < 1.29 is 30.4 Å². The van der Waals surface area contributed by atoms with Gasteiger partial charge in [0, 0.05) is 35.2 Å². The van der Waals surface area contributed by atoms with E-state index in [0.717, 1.165) is 12.2 Å². The molecule has 0 spiro atoms. The number of halogens is 4. The molecule has 0 radical (unpaired) electrons. The first kappa shape index (κ1) is 33.1. The van der Waals surface area contributed by atoms with Crippen molar-refractivity contribution in [3.8, 4) is 5.75 Å². The first-order valence-corrected chi connectivity index (χ1v) is 16.9. The lowest BCUT2D eigenvalue weighted by Gasteiger charge is -2.34. The highest BCUT2D eigenvalue weighted by atomic mass is 35.5. The molecule has 3 unspecified atom stereocenters. The summed E-state index contributed by atoms with van der Waals surface area (Å²) in [6.45, 7) is 1.99. The molecule has 3 aromatic carbocycles. The summed E-state index contributed by atoms with van der Waals surface area (Å²) < 4.78 is 90.4. The van der Waals surface area contributed by atoms with Gasteiger partial charge in [-0.15, -0.1) is 0 Å². The van der Waals surface area contributed by atoms with E-state index in [1.165, 1.54) is 47.8 Å². The molecule has 4 rings (SSSR count). The lowest BCUT2D eigenvalue weighted by Crippen LogP contribution is -2.52. The van der Waals surface area contributed by atoms with Crippen LogP contribution in [0.15, 0.2) is 107 Å². The van der Waals surface area contributed by atoms with E-state index in [4.69, 9.17) is 27.9 Å². The molecule has 3 aromatic rings. The van der Waals surface area contributed by atoms with Crippen LogP contribution < -0.4 is 10.1 Å². The Bertz CT molecular complexity index is 1740. The average Bonchev–Trinajstić information content (AvgIpc) is 2.97. The zero-order chi connectivity index (χ0) is 31.4. The summed E-state index contributed by atoms with van der Waals surface area (Å²) in [6, 6.07) is 15.7. The third kappa shape index (κ3) is 7.30. The number of sulfonamides is 1. The molecule has 230 valence electrons. The van der Waals surface area contributed by atoms with Crippen LogP contribution in [0.3, 0.4) is 0 Å². The third-order valence-electron chi connectivity index (χ3n) is 6.95. The zero-order valence-corrected chi connectivity index (χ0v) is 26.4. The van der Waals surface area contributed by atoms with Crippen LogP contribution in [-0.4, -0.2) is 52.4 Å². The maximum absolute atomic E-state index is 16.4. The van der Waals surface area contributed by atoms with Crippen molar-refractivity contribution in [2.75, 3.05) is 20.2 Å². The van der Waals surface area contributed by atoms with Crippen molar-refractivity contribution in [3.63, 3.8) is 0 Å². The number of nitrogens with zero attached hydrogens (tertiary/aromatic N) is 1. The van der Waals surface area contributed by atoms with Gasteiger partial charge in [0.05, 0.1) is 22.4 Å². The molecule has 1 aliphatic rings. The van der Waals surface area contributed by atoms with Crippen molar-refractivity contribution in [3.05, 3.63) is 112 Å². The van der Waals surface area contributed by atoms with Crippen LogP contribution in [0.2, 0.25) is 10.0 Å². The standard InChI is InChI=1S/C30H30Cl2F2N2O5S2/c1-21(35-29-20-24(33)15-16-30(29,34)42(37,38)25-13-11-22(31)12-14-25)27-9-3-4-10-28(27)41-18-6-17-36(2)43(39,40)26-8-5-7-23(32)19-26/h3-5,7-16,19-21,29,35H,6,17-18H2,1-2H3. The number of ether oxygens (including phenoxy) is 1. The fourth-order valence-corrected chi connectivity index (χ4v) is 7.77. The van der Waals surface area contributed by atoms with E-state index < -0.39 is 42.8 Å². The number of sulfone groups is 1. The van der Waals surface area contributed by atoms with Gasteiger partial charge in [0.15, 0.2) is 0 Å². The molecule has 1 aliphatic carbocycles. The highest BCUT2D eigenvalue weighted by molar-refractivity contribution is 7.93. The second kappa shape index (κ2) is 13.5. The number of allylic oxidation sites excluding steroid dienone is 2. The minimum absolute atomic E-state index is 0.0822. The molecule has 0 saturated heterocycles. The quantitative estimate of drug-likeness (QED) is 0.217. The van der Waals surface area contributed by atoms with Crippen molar-refractivity contribution in [1.82, 2.24) is 9.62 Å². The molecule has 0 aliphatic heterocycles. The summed E-state index contributed by atoms with van der Waals surface area (Å²) in [5.41, 5.74) is 0.567. The molecular weight excluding hydrogens is 641 g/mol. The first-order chi connectivity index (χ1) is 20.3. The molecule has 0 heterocycles. The number of hydrogen-bond acceptors (Lipinski definition) is 6. The van der Waals surface area contributed by atoms with E-state index in [1.807, 2.05) is 0 Å². The van der Waals surface area contributed by atoms with Crippen molar-refractivity contribution in [2.45, 2.75) is 40.2 Å². The molecule has 0 saturated carbocycles. The van der Waals surface area contributed by atoms with Crippen LogP contribution in [0, 0.1) is 0 Å². The fourth-order valence-electron chi connectivity index (χ4n) is 4.56. The highest BCUT2D eigenvalue weighted by Gasteiger charge is 2.51. The predicted octanol–water partition coefficient (Wildman–Crippen LogP) is 6.67. The van der Waals surface area contributed by atoms with Crippen molar-refractivity contribution in [1.29, 1.82) is 0 Å². The van der Waals surface area contributed by atoms with E-state index in [9.17, 15) is 21.2 Å². The van der Waals surface area contributed by atoms with Gasteiger partial charge in [-0.05, 0) is 80.1 Å². The Morgan fingerprint density at radius 1 is 0.977 bits per heavy atom. The van der Waals surface area contributed by atoms with E-state index in [1.54, 1.807) is 43.3 Å². The Balaban J connectivity index is 1.45. The topological polar surface area (TPSA) is 92.8 Å². The molecule has 0 bridgehead atoms. The van der Waals surface area contributed by atoms with E-state index in [0.29, 0.717) is 28.8 Å². The molecule has 3 atom stereocenters. The molecule has 0 fully saturated rings. The minimum Gasteiger partial charge on any atom is -0.493 e. The maximum Gasteiger partial charge on any atom is 0.252 e. The maximum atomic E-state index is 16.4. The normalized spacial score (nSPS) is 19.7. The monoisotopic (exact) mass is 670 g/mol. The van der Waals surface area contributed by atoms with Gasteiger partial charge in [0.2, 0.25) is 19.9 Å². The van der Waals surface area contributed by atoms with Gasteiger partial charge in [0.25, 0.3) is 5.00 Å². The second-order valence-electron chi connectivity index (χ2n) is 9.93. The van der Waals surface area contributed by atoms with Gasteiger partial charge >= 0.3 is 0 Å². The molecule has 0 aromatic heterocycles. The second-order valence-corrected chi connectivity index (χ2v) is 15.0. The highest BCUT2D eigenvalue weighted by Crippen LogP contribution is 2.38. The van der Waals surface area contributed by atoms with Gasteiger partial charge in [-0.25, -0.2) is 29.9 Å².